The molecule has 0 aromatic heterocycles. The average Bonchev–Trinajstić information content (AvgIpc) is 1.95. The van der Waals surface area contributed by atoms with Gasteiger partial charge in [0.15, 0.2) is 8.32 Å². The van der Waals surface area contributed by atoms with Crippen LogP contribution in [0.3, 0.4) is 0 Å². The molecule has 0 N–H and O–H groups in total. The highest BCUT2D eigenvalue weighted by Crippen LogP contribution is 2.39. The van der Waals surface area contributed by atoms with E-state index in [2.05, 4.69) is 52.9 Å². The first-order valence-electron chi connectivity index (χ1n) is 5.10. The monoisotopic (exact) mass is 198 g/mol. The molecule has 1 rings (SSSR count). The molecular weight excluding hydrogens is 176 g/mol. The van der Waals surface area contributed by atoms with Crippen LogP contribution < -0.4 is 0 Å². The summed E-state index contributed by atoms with van der Waals surface area (Å²) in [5, 5.41) is 0.330. The molecule has 2 unspecified atom stereocenters. The number of hydrogen-bond donors (Lipinski definition) is 0. The molecule has 2 atom stereocenters. The molecule has 0 aromatic carbocycles. The van der Waals surface area contributed by atoms with Gasteiger partial charge in [0.25, 0.3) is 0 Å². The third-order valence-corrected chi connectivity index (χ3v) is 7.83. The van der Waals surface area contributed by atoms with Crippen LogP contribution in [0.4, 0.5) is 0 Å². The van der Waals surface area contributed by atoms with Crippen molar-refractivity contribution in [2.24, 2.45) is 5.92 Å². The summed E-state index contributed by atoms with van der Waals surface area (Å²) in [5.74, 6) is 0.620. The molecule has 2 heteroatoms. The molecule has 0 aliphatic heterocycles. The second-order valence-electron chi connectivity index (χ2n) is 5.59. The van der Waals surface area contributed by atoms with Crippen molar-refractivity contribution in [3.8, 4) is 0 Å². The van der Waals surface area contributed by atoms with Gasteiger partial charge in [-0.25, -0.2) is 0 Å². The van der Waals surface area contributed by atoms with Crippen LogP contribution in [0.25, 0.3) is 0 Å². The standard InChI is InChI=1S/C11H22OSi/c1-9-7-8-10(9)12-13(5,6)11(2,3)4/h7-10H,1-6H3. The second-order valence-corrected chi connectivity index (χ2v) is 10.3. The molecular formula is C11H22OSi. The fourth-order valence-electron chi connectivity index (χ4n) is 1.09. The van der Waals surface area contributed by atoms with Gasteiger partial charge in [0.05, 0.1) is 6.10 Å². The lowest BCUT2D eigenvalue weighted by Gasteiger charge is -2.41. The van der Waals surface area contributed by atoms with Gasteiger partial charge in [0, 0.05) is 5.92 Å². The molecule has 0 fully saturated rings. The highest BCUT2D eigenvalue weighted by molar-refractivity contribution is 6.74. The zero-order valence-corrected chi connectivity index (χ0v) is 10.7. The van der Waals surface area contributed by atoms with E-state index >= 15 is 0 Å². The molecule has 0 saturated carbocycles. The van der Waals surface area contributed by atoms with Crippen molar-refractivity contribution in [3.05, 3.63) is 12.2 Å². The molecule has 0 aromatic rings. The largest absolute Gasteiger partial charge is 0.410 e. The number of hydrogen-bond acceptors (Lipinski definition) is 1. The predicted octanol–water partition coefficient (Wildman–Crippen LogP) is 3.58. The van der Waals surface area contributed by atoms with Crippen LogP contribution in [0.1, 0.15) is 27.7 Å². The van der Waals surface area contributed by atoms with Crippen LogP contribution in [0.2, 0.25) is 18.1 Å². The molecule has 0 radical (unpaired) electrons. The molecule has 76 valence electrons. The van der Waals surface area contributed by atoms with Gasteiger partial charge in [-0.1, -0.05) is 39.8 Å². The minimum Gasteiger partial charge on any atom is -0.410 e. The Labute approximate surface area is 83.3 Å². The van der Waals surface area contributed by atoms with Crippen molar-refractivity contribution in [1.29, 1.82) is 0 Å². The minimum atomic E-state index is -1.53. The molecule has 0 heterocycles. The topological polar surface area (TPSA) is 9.23 Å². The third-order valence-electron chi connectivity index (χ3n) is 3.36. The quantitative estimate of drug-likeness (QED) is 0.487. The Hall–Kier alpha value is -0.0831. The Balaban J connectivity index is 2.57. The van der Waals surface area contributed by atoms with Crippen LogP contribution in [0.5, 0.6) is 0 Å². The third kappa shape index (κ3) is 2.23. The van der Waals surface area contributed by atoms with Crippen molar-refractivity contribution < 1.29 is 4.43 Å². The van der Waals surface area contributed by atoms with Gasteiger partial charge < -0.3 is 4.43 Å². The Morgan fingerprint density at radius 3 is 1.92 bits per heavy atom. The maximum absolute atomic E-state index is 6.20. The maximum Gasteiger partial charge on any atom is 0.192 e. The fourth-order valence-corrected chi connectivity index (χ4v) is 2.41. The Bertz CT molecular complexity index is 213. The maximum atomic E-state index is 6.20. The summed E-state index contributed by atoms with van der Waals surface area (Å²) in [4.78, 5) is 0. The lowest BCUT2D eigenvalue weighted by atomic mass is 9.94. The molecule has 0 saturated heterocycles. The summed E-state index contributed by atoms with van der Waals surface area (Å²) in [6, 6.07) is 0. The highest BCUT2D eigenvalue weighted by atomic mass is 28.4. The van der Waals surface area contributed by atoms with Gasteiger partial charge in [-0.3, -0.25) is 0 Å². The van der Waals surface area contributed by atoms with Gasteiger partial charge in [-0.05, 0) is 18.1 Å². The SMILES string of the molecule is CC1C=CC1O[Si](C)(C)C(C)(C)C. The van der Waals surface area contributed by atoms with Crippen LogP contribution in [-0.4, -0.2) is 14.4 Å². The van der Waals surface area contributed by atoms with Crippen molar-refractivity contribution in [2.75, 3.05) is 0 Å². The van der Waals surface area contributed by atoms with E-state index in [-0.39, 0.29) is 0 Å². The fraction of sp³-hybridized carbons (Fsp3) is 0.818. The Morgan fingerprint density at radius 1 is 1.15 bits per heavy atom. The van der Waals surface area contributed by atoms with Crippen molar-refractivity contribution in [2.45, 2.75) is 51.9 Å². The molecule has 0 spiro atoms. The van der Waals surface area contributed by atoms with Gasteiger partial charge in [0.1, 0.15) is 0 Å². The molecule has 1 aliphatic carbocycles. The summed E-state index contributed by atoms with van der Waals surface area (Å²) in [7, 11) is -1.53. The second kappa shape index (κ2) is 3.25. The summed E-state index contributed by atoms with van der Waals surface area (Å²) < 4.78 is 6.20. The van der Waals surface area contributed by atoms with E-state index < -0.39 is 8.32 Å². The molecule has 13 heavy (non-hydrogen) atoms. The van der Waals surface area contributed by atoms with E-state index in [1.54, 1.807) is 0 Å². The van der Waals surface area contributed by atoms with Crippen LogP contribution in [0, 0.1) is 5.92 Å². The smallest absolute Gasteiger partial charge is 0.192 e. The van der Waals surface area contributed by atoms with E-state index in [0.29, 0.717) is 17.1 Å². The van der Waals surface area contributed by atoms with E-state index in [1.807, 2.05) is 0 Å². The number of rotatable bonds is 2. The molecule has 0 amide bonds. The minimum absolute atomic E-state index is 0.330. The van der Waals surface area contributed by atoms with Gasteiger partial charge in [0.2, 0.25) is 0 Å². The first-order chi connectivity index (χ1) is 5.74. The van der Waals surface area contributed by atoms with Gasteiger partial charge in [-0.15, -0.1) is 0 Å². The normalized spacial score (nSPS) is 28.8. The average molecular weight is 198 g/mol. The molecule has 1 nitrogen and oxygen atoms in total. The first kappa shape index (κ1) is 11.0. The summed E-state index contributed by atoms with van der Waals surface area (Å²) >= 11 is 0. The lowest BCUT2D eigenvalue weighted by Crippen LogP contribution is -2.46. The van der Waals surface area contributed by atoms with Crippen molar-refractivity contribution >= 4 is 8.32 Å². The van der Waals surface area contributed by atoms with Crippen molar-refractivity contribution in [1.82, 2.24) is 0 Å². The van der Waals surface area contributed by atoms with Gasteiger partial charge in [-0.2, -0.15) is 0 Å². The van der Waals surface area contributed by atoms with Crippen LogP contribution in [0.15, 0.2) is 12.2 Å². The summed E-state index contributed by atoms with van der Waals surface area (Å²) in [5.41, 5.74) is 0. The zero-order chi connectivity index (χ0) is 10.3. The molecule has 1 aliphatic rings. The van der Waals surface area contributed by atoms with Crippen molar-refractivity contribution in [3.63, 3.8) is 0 Å². The Morgan fingerprint density at radius 2 is 1.69 bits per heavy atom. The Kier molecular flexibility index (Phi) is 2.75. The van der Waals surface area contributed by atoms with E-state index in [9.17, 15) is 0 Å². The van der Waals surface area contributed by atoms with Crippen LogP contribution in [-0.2, 0) is 4.43 Å². The lowest BCUT2D eigenvalue weighted by molar-refractivity contribution is 0.170. The van der Waals surface area contributed by atoms with E-state index in [0.717, 1.165) is 0 Å². The summed E-state index contributed by atoms with van der Waals surface area (Å²) in [6.07, 6.45) is 4.80. The summed E-state index contributed by atoms with van der Waals surface area (Å²) in [6.45, 7) is 13.7. The predicted molar refractivity (Wildman–Crippen MR) is 60.4 cm³/mol. The van der Waals surface area contributed by atoms with E-state index in [4.69, 9.17) is 4.43 Å². The van der Waals surface area contributed by atoms with E-state index in [1.165, 1.54) is 0 Å². The zero-order valence-electron chi connectivity index (χ0n) is 9.72. The highest BCUT2D eigenvalue weighted by Gasteiger charge is 2.40. The van der Waals surface area contributed by atoms with Gasteiger partial charge >= 0.3 is 0 Å². The molecule has 0 bridgehead atoms. The van der Waals surface area contributed by atoms with Crippen LogP contribution >= 0.6 is 0 Å². The first-order valence-corrected chi connectivity index (χ1v) is 8.01.